The second kappa shape index (κ2) is 6.51. The summed E-state index contributed by atoms with van der Waals surface area (Å²) in [4.78, 5) is 19.1. The normalized spacial score (nSPS) is 15.8. The molecule has 1 aliphatic rings. The Morgan fingerprint density at radius 3 is 2.73 bits per heavy atom. The first kappa shape index (κ1) is 17.2. The molecule has 3 aromatic rings. The third-order valence-corrected chi connectivity index (χ3v) is 5.54. The van der Waals surface area contributed by atoms with Gasteiger partial charge in [-0.05, 0) is 23.1 Å². The van der Waals surface area contributed by atoms with E-state index in [1.54, 1.807) is 10.6 Å². The molecule has 1 aliphatic heterocycles. The van der Waals surface area contributed by atoms with E-state index < -0.39 is 11.7 Å². The number of benzene rings is 1. The summed E-state index contributed by atoms with van der Waals surface area (Å²) >= 11 is 1.37. The van der Waals surface area contributed by atoms with Gasteiger partial charge in [-0.1, -0.05) is 18.2 Å². The summed E-state index contributed by atoms with van der Waals surface area (Å²) < 4.78 is 41.9. The van der Waals surface area contributed by atoms with E-state index in [-0.39, 0.29) is 17.7 Å². The number of thiophene rings is 1. The average Bonchev–Trinajstić information content (AvgIpc) is 2.98. The molecule has 0 radical (unpaired) electrons. The molecule has 0 unspecified atom stereocenters. The molecule has 0 amide bonds. The summed E-state index contributed by atoms with van der Waals surface area (Å²) in [7, 11) is 0. The van der Waals surface area contributed by atoms with Crippen LogP contribution in [0.3, 0.4) is 0 Å². The molecule has 136 valence electrons. The number of fused-ring (bicyclic) bond motifs is 2. The van der Waals surface area contributed by atoms with E-state index in [2.05, 4.69) is 4.98 Å². The predicted octanol–water partition coefficient (Wildman–Crippen LogP) is 3.54. The van der Waals surface area contributed by atoms with E-state index in [0.717, 1.165) is 6.07 Å². The Morgan fingerprint density at radius 2 is 1.92 bits per heavy atom. The van der Waals surface area contributed by atoms with E-state index in [9.17, 15) is 18.0 Å². The maximum atomic E-state index is 13.2. The van der Waals surface area contributed by atoms with Gasteiger partial charge < -0.3 is 0 Å². The molecule has 3 heterocycles. The molecule has 1 aromatic carbocycles. The van der Waals surface area contributed by atoms with Crippen molar-refractivity contribution in [1.82, 2.24) is 14.5 Å². The van der Waals surface area contributed by atoms with Crippen molar-refractivity contribution >= 4 is 21.6 Å². The maximum absolute atomic E-state index is 13.2. The number of hydrogen-bond donors (Lipinski definition) is 0. The van der Waals surface area contributed by atoms with Crippen molar-refractivity contribution in [2.75, 3.05) is 13.1 Å². The number of nitrogens with zero attached hydrogens (tertiary/aromatic N) is 3. The third kappa shape index (κ3) is 3.14. The summed E-state index contributed by atoms with van der Waals surface area (Å²) in [6, 6.07) is 7.48. The van der Waals surface area contributed by atoms with E-state index in [1.807, 2.05) is 16.3 Å². The van der Waals surface area contributed by atoms with Crippen LogP contribution in [0.15, 0.2) is 40.5 Å². The Balaban J connectivity index is 1.59. The summed E-state index contributed by atoms with van der Waals surface area (Å²) in [6.45, 7) is 1.71. The number of alkyl halides is 3. The molecule has 2 aromatic heterocycles. The highest BCUT2D eigenvalue weighted by molar-refractivity contribution is 7.17. The van der Waals surface area contributed by atoms with Crippen LogP contribution >= 0.6 is 11.3 Å². The minimum absolute atomic E-state index is 0.0578. The Labute approximate surface area is 151 Å². The van der Waals surface area contributed by atoms with Gasteiger partial charge in [0.05, 0.1) is 11.1 Å². The van der Waals surface area contributed by atoms with Crippen LogP contribution in [0.2, 0.25) is 0 Å². The van der Waals surface area contributed by atoms with Gasteiger partial charge in [-0.2, -0.15) is 13.2 Å². The van der Waals surface area contributed by atoms with Gasteiger partial charge in [-0.3, -0.25) is 14.3 Å². The molecule has 0 bridgehead atoms. The summed E-state index contributed by atoms with van der Waals surface area (Å²) in [5, 5.41) is 1.85. The highest BCUT2D eigenvalue weighted by Crippen LogP contribution is 2.32. The molecule has 0 N–H and O–H groups in total. The van der Waals surface area contributed by atoms with E-state index in [1.165, 1.54) is 23.5 Å². The van der Waals surface area contributed by atoms with E-state index in [4.69, 9.17) is 0 Å². The molecular weight excluding hydrogens is 363 g/mol. The molecule has 4 rings (SSSR count). The zero-order valence-corrected chi connectivity index (χ0v) is 14.6. The molecule has 0 aliphatic carbocycles. The number of hydrogen-bond acceptors (Lipinski definition) is 4. The fourth-order valence-corrected chi connectivity index (χ4v) is 4.13. The molecule has 0 spiro atoms. The smallest absolute Gasteiger partial charge is 0.297 e. The number of aromatic nitrogens is 2. The molecule has 0 atom stereocenters. The number of rotatable bonds is 2. The minimum atomic E-state index is -4.37. The Hall–Kier alpha value is -2.19. The zero-order valence-electron chi connectivity index (χ0n) is 13.8. The van der Waals surface area contributed by atoms with Crippen LogP contribution < -0.4 is 5.56 Å². The largest absolute Gasteiger partial charge is 0.416 e. The lowest BCUT2D eigenvalue weighted by atomic mass is 10.1. The molecule has 4 nitrogen and oxygen atoms in total. The first-order valence-electron chi connectivity index (χ1n) is 8.28. The molecule has 0 saturated heterocycles. The first-order valence-corrected chi connectivity index (χ1v) is 9.16. The molecule has 26 heavy (non-hydrogen) atoms. The maximum Gasteiger partial charge on any atom is 0.416 e. The highest BCUT2D eigenvalue weighted by atomic mass is 32.1. The summed E-state index contributed by atoms with van der Waals surface area (Å²) in [6.07, 6.45) is -3.83. The average molecular weight is 379 g/mol. The lowest BCUT2D eigenvalue weighted by Gasteiger charge is -2.21. The van der Waals surface area contributed by atoms with Crippen LogP contribution in [-0.2, 0) is 25.7 Å². The van der Waals surface area contributed by atoms with Gasteiger partial charge in [0.15, 0.2) is 0 Å². The van der Waals surface area contributed by atoms with Crippen molar-refractivity contribution in [3.05, 3.63) is 63.0 Å². The fraction of sp³-hybridized carbons (Fsp3) is 0.333. The van der Waals surface area contributed by atoms with Gasteiger partial charge in [-0.15, -0.1) is 11.3 Å². The van der Waals surface area contributed by atoms with Crippen molar-refractivity contribution in [3.8, 4) is 0 Å². The SMILES string of the molecule is O=c1c2sccc2nc2n1CCN(Cc1ccccc1C(F)(F)F)CC2. The van der Waals surface area contributed by atoms with Gasteiger partial charge in [-0.25, -0.2) is 4.98 Å². The molecule has 0 saturated carbocycles. The van der Waals surface area contributed by atoms with Crippen LogP contribution in [0.5, 0.6) is 0 Å². The van der Waals surface area contributed by atoms with Crippen LogP contribution in [0.1, 0.15) is 17.0 Å². The zero-order chi connectivity index (χ0) is 18.3. The minimum Gasteiger partial charge on any atom is -0.297 e. The lowest BCUT2D eigenvalue weighted by Crippen LogP contribution is -2.29. The Bertz CT molecular complexity index is 1010. The van der Waals surface area contributed by atoms with Gasteiger partial charge >= 0.3 is 6.18 Å². The fourth-order valence-electron chi connectivity index (χ4n) is 3.36. The van der Waals surface area contributed by atoms with Crippen molar-refractivity contribution in [1.29, 1.82) is 0 Å². The van der Waals surface area contributed by atoms with E-state index >= 15 is 0 Å². The van der Waals surface area contributed by atoms with Gasteiger partial charge in [0.1, 0.15) is 10.5 Å². The standard InChI is InChI=1S/C18H16F3N3OS/c19-18(20,21)13-4-2-1-3-12(13)11-23-7-5-15-22-14-6-10-26-16(14)17(25)24(15)9-8-23/h1-4,6,10H,5,7-9,11H2. The molecular formula is C18H16F3N3OS. The first-order chi connectivity index (χ1) is 12.4. The van der Waals surface area contributed by atoms with Crippen LogP contribution in [-0.4, -0.2) is 27.5 Å². The van der Waals surface area contributed by atoms with Crippen molar-refractivity contribution in [2.45, 2.75) is 25.7 Å². The Morgan fingerprint density at radius 1 is 1.12 bits per heavy atom. The molecule has 0 fully saturated rings. The van der Waals surface area contributed by atoms with Crippen LogP contribution in [0, 0.1) is 0 Å². The second-order valence-corrected chi connectivity index (χ2v) is 7.22. The van der Waals surface area contributed by atoms with Crippen molar-refractivity contribution < 1.29 is 13.2 Å². The molecule has 8 heteroatoms. The summed E-state index contributed by atoms with van der Waals surface area (Å²) in [5.74, 6) is 0.701. The summed E-state index contributed by atoms with van der Waals surface area (Å²) in [5.41, 5.74) is 0.296. The van der Waals surface area contributed by atoms with Crippen molar-refractivity contribution in [2.24, 2.45) is 0 Å². The monoisotopic (exact) mass is 379 g/mol. The predicted molar refractivity (Wildman–Crippen MR) is 94.3 cm³/mol. The lowest BCUT2D eigenvalue weighted by molar-refractivity contribution is -0.138. The van der Waals surface area contributed by atoms with Gasteiger partial charge in [0, 0.05) is 32.6 Å². The third-order valence-electron chi connectivity index (χ3n) is 4.65. The van der Waals surface area contributed by atoms with Gasteiger partial charge in [0.25, 0.3) is 5.56 Å². The number of halogens is 3. The van der Waals surface area contributed by atoms with Crippen LogP contribution in [0.4, 0.5) is 13.2 Å². The topological polar surface area (TPSA) is 38.1 Å². The highest BCUT2D eigenvalue weighted by Gasteiger charge is 2.33. The van der Waals surface area contributed by atoms with Gasteiger partial charge in [0.2, 0.25) is 0 Å². The second-order valence-electron chi connectivity index (χ2n) is 6.30. The van der Waals surface area contributed by atoms with E-state index in [0.29, 0.717) is 42.1 Å². The van der Waals surface area contributed by atoms with Crippen LogP contribution in [0.25, 0.3) is 10.2 Å². The van der Waals surface area contributed by atoms with Crippen molar-refractivity contribution in [3.63, 3.8) is 0 Å². The Kier molecular flexibility index (Phi) is 4.32. The quantitative estimate of drug-likeness (QED) is 0.684.